The van der Waals surface area contributed by atoms with Crippen molar-refractivity contribution in [3.63, 3.8) is 0 Å². The molecule has 0 aliphatic heterocycles. The zero-order valence-corrected chi connectivity index (χ0v) is 11.4. The van der Waals surface area contributed by atoms with Crippen LogP contribution < -0.4 is 11.1 Å². The number of aromatic nitrogens is 1. The maximum atomic E-state index is 12.6. The van der Waals surface area contributed by atoms with E-state index in [-0.39, 0.29) is 16.9 Å². The second-order valence-corrected chi connectivity index (χ2v) is 6.31. The molecule has 2 fully saturated rings. The maximum Gasteiger partial charge on any atom is 0.230 e. The summed E-state index contributed by atoms with van der Waals surface area (Å²) in [7, 11) is 0. The smallest absolute Gasteiger partial charge is 0.230 e. The number of hydrogen-bond donors (Lipinski definition) is 2. The summed E-state index contributed by atoms with van der Waals surface area (Å²) in [5.41, 5.74) is 7.78. The maximum absolute atomic E-state index is 12.6. The second kappa shape index (κ2) is 4.30. The van der Waals surface area contributed by atoms with Crippen LogP contribution in [0.1, 0.15) is 44.2 Å². The van der Waals surface area contributed by atoms with Gasteiger partial charge in [-0.1, -0.05) is 6.42 Å². The van der Waals surface area contributed by atoms with Gasteiger partial charge in [0.25, 0.3) is 0 Å². The number of anilines is 1. The number of amides is 1. The fourth-order valence-corrected chi connectivity index (χ4v) is 3.74. The van der Waals surface area contributed by atoms with Crippen molar-refractivity contribution in [3.8, 4) is 0 Å². The van der Waals surface area contributed by atoms with E-state index in [4.69, 9.17) is 5.73 Å². The quantitative estimate of drug-likeness (QED) is 0.856. The van der Waals surface area contributed by atoms with Crippen LogP contribution >= 0.6 is 0 Å². The minimum Gasteiger partial charge on any atom is -0.325 e. The Morgan fingerprint density at radius 3 is 3.00 bits per heavy atom. The Bertz CT molecular complexity index is 516. The van der Waals surface area contributed by atoms with Crippen LogP contribution in [0, 0.1) is 12.3 Å². The Balaban J connectivity index is 1.77. The van der Waals surface area contributed by atoms with Gasteiger partial charge in [0.05, 0.1) is 5.41 Å². The normalized spacial score (nSPS) is 33.2. The summed E-state index contributed by atoms with van der Waals surface area (Å²) in [5, 5.41) is 3.05. The van der Waals surface area contributed by atoms with Gasteiger partial charge in [-0.2, -0.15) is 0 Å². The molecular weight excluding hydrogens is 238 g/mol. The second-order valence-electron chi connectivity index (χ2n) is 6.31. The number of nitrogens with one attached hydrogen (secondary N) is 1. The van der Waals surface area contributed by atoms with E-state index in [2.05, 4.69) is 10.3 Å². The summed E-state index contributed by atoms with van der Waals surface area (Å²) < 4.78 is 0. The molecule has 2 bridgehead atoms. The highest BCUT2D eigenvalue weighted by Gasteiger charge is 2.53. The highest BCUT2D eigenvalue weighted by Crippen LogP contribution is 2.52. The molecule has 0 spiro atoms. The zero-order chi connectivity index (χ0) is 13.5. The van der Waals surface area contributed by atoms with Crippen LogP contribution in [0.2, 0.25) is 0 Å². The van der Waals surface area contributed by atoms with Gasteiger partial charge in [-0.15, -0.1) is 0 Å². The van der Waals surface area contributed by atoms with Crippen molar-refractivity contribution >= 4 is 11.6 Å². The Morgan fingerprint density at radius 1 is 1.37 bits per heavy atom. The number of nitrogens with zero attached hydrogens (tertiary/aromatic N) is 1. The lowest BCUT2D eigenvalue weighted by molar-refractivity contribution is -0.126. The standard InChI is InChI=1S/C15H21N3O/c1-11-9-12(3-8-17-11)18-13(19)14-4-2-5-15(16,10-14)7-6-14/h3,8-9H,2,4-7,10,16H2,1H3,(H,17,18,19). The number of nitrogens with two attached hydrogens (primary N) is 1. The van der Waals surface area contributed by atoms with Crippen molar-refractivity contribution in [2.24, 2.45) is 11.1 Å². The van der Waals surface area contributed by atoms with Gasteiger partial charge in [0.2, 0.25) is 5.91 Å². The predicted molar refractivity (Wildman–Crippen MR) is 74.7 cm³/mol. The summed E-state index contributed by atoms with van der Waals surface area (Å²) >= 11 is 0. The van der Waals surface area contributed by atoms with E-state index in [1.165, 1.54) is 0 Å². The Kier molecular flexibility index (Phi) is 2.86. The molecule has 1 aromatic rings. The van der Waals surface area contributed by atoms with Crippen LogP contribution in [0.5, 0.6) is 0 Å². The zero-order valence-electron chi connectivity index (χ0n) is 11.4. The topological polar surface area (TPSA) is 68.0 Å². The van der Waals surface area contributed by atoms with Gasteiger partial charge in [0, 0.05) is 23.1 Å². The summed E-state index contributed by atoms with van der Waals surface area (Å²) in [4.78, 5) is 16.8. The van der Waals surface area contributed by atoms with Gasteiger partial charge in [-0.25, -0.2) is 0 Å². The first kappa shape index (κ1) is 12.6. The lowest BCUT2D eigenvalue weighted by Gasteiger charge is -2.36. The van der Waals surface area contributed by atoms with Crippen LogP contribution in [-0.2, 0) is 4.79 Å². The Morgan fingerprint density at radius 2 is 2.21 bits per heavy atom. The molecule has 2 atom stereocenters. The van der Waals surface area contributed by atoms with Crippen molar-refractivity contribution in [1.29, 1.82) is 0 Å². The fourth-order valence-electron chi connectivity index (χ4n) is 3.74. The number of carbonyl (C=O) groups is 1. The number of carbonyl (C=O) groups excluding carboxylic acids is 1. The van der Waals surface area contributed by atoms with E-state index in [0.717, 1.165) is 49.9 Å². The number of pyridine rings is 1. The summed E-state index contributed by atoms with van der Waals surface area (Å²) in [6.07, 6.45) is 7.59. The van der Waals surface area contributed by atoms with Crippen LogP contribution in [0.15, 0.2) is 18.3 Å². The highest BCUT2D eigenvalue weighted by molar-refractivity contribution is 5.95. The first-order valence-corrected chi connectivity index (χ1v) is 7.05. The van der Waals surface area contributed by atoms with E-state index >= 15 is 0 Å². The third-order valence-corrected chi connectivity index (χ3v) is 4.76. The van der Waals surface area contributed by atoms with Gasteiger partial charge in [-0.3, -0.25) is 9.78 Å². The molecule has 0 aromatic carbocycles. The monoisotopic (exact) mass is 259 g/mol. The van der Waals surface area contributed by atoms with Gasteiger partial charge >= 0.3 is 0 Å². The van der Waals surface area contributed by atoms with Gasteiger partial charge in [0.1, 0.15) is 0 Å². The number of rotatable bonds is 2. The molecule has 0 radical (unpaired) electrons. The van der Waals surface area contributed by atoms with Crippen molar-refractivity contribution in [1.82, 2.24) is 4.98 Å². The van der Waals surface area contributed by atoms with Gasteiger partial charge in [0.15, 0.2) is 0 Å². The first-order valence-electron chi connectivity index (χ1n) is 7.05. The molecule has 1 amide bonds. The molecular formula is C15H21N3O. The Hall–Kier alpha value is -1.42. The van der Waals surface area contributed by atoms with Crippen LogP contribution in [0.4, 0.5) is 5.69 Å². The molecule has 1 aromatic heterocycles. The minimum absolute atomic E-state index is 0.0935. The molecule has 2 unspecified atom stereocenters. The van der Waals surface area contributed by atoms with Crippen molar-refractivity contribution in [3.05, 3.63) is 24.0 Å². The molecule has 19 heavy (non-hydrogen) atoms. The lowest BCUT2D eigenvalue weighted by atomic mass is 9.72. The van der Waals surface area contributed by atoms with Gasteiger partial charge < -0.3 is 11.1 Å². The minimum atomic E-state index is -0.232. The predicted octanol–water partition coefficient (Wildman–Crippen LogP) is 2.38. The molecule has 102 valence electrons. The summed E-state index contributed by atoms with van der Waals surface area (Å²) in [6, 6.07) is 3.75. The van der Waals surface area contributed by atoms with Crippen molar-refractivity contribution in [2.75, 3.05) is 5.32 Å². The molecule has 0 saturated heterocycles. The molecule has 4 nitrogen and oxygen atoms in total. The van der Waals surface area contributed by atoms with E-state index in [1.807, 2.05) is 19.1 Å². The van der Waals surface area contributed by atoms with E-state index < -0.39 is 0 Å². The summed E-state index contributed by atoms with van der Waals surface area (Å²) in [5.74, 6) is 0.144. The molecule has 2 aliphatic carbocycles. The van der Waals surface area contributed by atoms with E-state index in [1.54, 1.807) is 6.20 Å². The Labute approximate surface area is 113 Å². The van der Waals surface area contributed by atoms with Gasteiger partial charge in [-0.05, 0) is 51.2 Å². The third-order valence-electron chi connectivity index (χ3n) is 4.76. The SMILES string of the molecule is Cc1cc(NC(=O)C23CCCC(N)(CC2)C3)ccn1. The molecule has 2 saturated carbocycles. The largest absolute Gasteiger partial charge is 0.325 e. The lowest BCUT2D eigenvalue weighted by Crippen LogP contribution is -2.45. The third kappa shape index (κ3) is 2.25. The average molecular weight is 259 g/mol. The van der Waals surface area contributed by atoms with Crippen LogP contribution in [-0.4, -0.2) is 16.4 Å². The molecule has 2 aliphatic rings. The number of fused-ring (bicyclic) bond motifs is 2. The van der Waals surface area contributed by atoms with Crippen LogP contribution in [0.25, 0.3) is 0 Å². The first-order chi connectivity index (χ1) is 9.01. The molecule has 3 rings (SSSR count). The summed E-state index contributed by atoms with van der Waals surface area (Å²) in [6.45, 7) is 1.93. The number of hydrogen-bond acceptors (Lipinski definition) is 3. The van der Waals surface area contributed by atoms with E-state index in [9.17, 15) is 4.79 Å². The molecule has 4 heteroatoms. The molecule has 1 heterocycles. The number of aryl methyl sites for hydroxylation is 1. The van der Waals surface area contributed by atoms with Crippen LogP contribution in [0.3, 0.4) is 0 Å². The molecule has 3 N–H and O–H groups in total. The van der Waals surface area contributed by atoms with Crippen molar-refractivity contribution < 1.29 is 4.79 Å². The fraction of sp³-hybridized carbons (Fsp3) is 0.600. The highest BCUT2D eigenvalue weighted by atomic mass is 16.2. The average Bonchev–Trinajstić information content (AvgIpc) is 2.61. The van der Waals surface area contributed by atoms with E-state index in [0.29, 0.717) is 0 Å². The van der Waals surface area contributed by atoms with Crippen molar-refractivity contribution in [2.45, 2.75) is 51.0 Å².